The minimum atomic E-state index is -0.624. The lowest BCUT2D eigenvalue weighted by Crippen LogP contribution is -2.47. The maximum atomic E-state index is 13.2. The van der Waals surface area contributed by atoms with E-state index in [-0.39, 0.29) is 11.3 Å². The molecular weight excluding hydrogens is 245 g/mol. The molecule has 0 atom stereocenters. The normalized spacial score (nSPS) is 12.4. The number of guanidine groups is 1. The zero-order valence-corrected chi connectivity index (χ0v) is 11.9. The molecule has 19 heavy (non-hydrogen) atoms. The van der Waals surface area contributed by atoms with Gasteiger partial charge in [-0.3, -0.25) is 0 Å². The first kappa shape index (κ1) is 15.3. The molecule has 3 N–H and O–H groups in total. The number of phenols is 1. The molecule has 106 valence electrons. The van der Waals surface area contributed by atoms with Crippen molar-refractivity contribution in [3.8, 4) is 5.75 Å². The summed E-state index contributed by atoms with van der Waals surface area (Å²) in [4.78, 5) is 4.39. The molecule has 0 radical (unpaired) electrons. The van der Waals surface area contributed by atoms with Crippen molar-refractivity contribution in [1.29, 1.82) is 0 Å². The van der Waals surface area contributed by atoms with Crippen LogP contribution in [0.15, 0.2) is 23.2 Å². The highest BCUT2D eigenvalue weighted by Gasteiger charge is 2.11. The number of hydrogen-bond acceptors (Lipinski definition) is 2. The van der Waals surface area contributed by atoms with E-state index in [1.807, 2.05) is 27.7 Å². The van der Waals surface area contributed by atoms with Crippen molar-refractivity contribution < 1.29 is 9.50 Å². The van der Waals surface area contributed by atoms with Crippen molar-refractivity contribution in [3.63, 3.8) is 0 Å². The second kappa shape index (κ2) is 6.41. The highest BCUT2D eigenvalue weighted by Crippen LogP contribution is 2.16. The van der Waals surface area contributed by atoms with Crippen LogP contribution in [0, 0.1) is 5.82 Å². The van der Waals surface area contributed by atoms with E-state index in [2.05, 4.69) is 15.6 Å². The van der Waals surface area contributed by atoms with E-state index in [0.717, 1.165) is 6.54 Å². The molecule has 0 saturated carbocycles. The highest BCUT2D eigenvalue weighted by molar-refractivity contribution is 5.80. The molecule has 4 nitrogen and oxygen atoms in total. The Morgan fingerprint density at radius 3 is 2.58 bits per heavy atom. The molecular formula is C14H22FN3O. The summed E-state index contributed by atoms with van der Waals surface area (Å²) in [5, 5.41) is 15.5. The van der Waals surface area contributed by atoms with Crippen LogP contribution in [0.4, 0.5) is 4.39 Å². The van der Waals surface area contributed by atoms with Crippen LogP contribution in [0.5, 0.6) is 5.75 Å². The topological polar surface area (TPSA) is 56.7 Å². The average Bonchev–Trinajstić information content (AvgIpc) is 2.29. The molecule has 0 aromatic heterocycles. The first-order chi connectivity index (χ1) is 8.81. The van der Waals surface area contributed by atoms with Gasteiger partial charge in [0.25, 0.3) is 0 Å². The summed E-state index contributed by atoms with van der Waals surface area (Å²) < 4.78 is 13.2. The number of aromatic hydroxyl groups is 1. The summed E-state index contributed by atoms with van der Waals surface area (Å²) in [6.45, 7) is 9.22. The van der Waals surface area contributed by atoms with E-state index in [9.17, 15) is 4.39 Å². The van der Waals surface area contributed by atoms with Gasteiger partial charge < -0.3 is 15.7 Å². The molecule has 0 amide bonds. The summed E-state index contributed by atoms with van der Waals surface area (Å²) >= 11 is 0. The molecule has 5 heteroatoms. The van der Waals surface area contributed by atoms with E-state index in [4.69, 9.17) is 5.11 Å². The Kier molecular flexibility index (Phi) is 5.15. The van der Waals surface area contributed by atoms with Gasteiger partial charge in [-0.2, -0.15) is 0 Å². The van der Waals surface area contributed by atoms with Gasteiger partial charge in [0.05, 0.1) is 6.54 Å². The molecule has 0 bridgehead atoms. The fraction of sp³-hybridized carbons (Fsp3) is 0.500. The number of nitrogens with one attached hydrogen (secondary N) is 2. The lowest BCUT2D eigenvalue weighted by atomic mass is 10.1. The number of phenolic OH excluding ortho intramolecular Hbond substituents is 1. The fourth-order valence-corrected chi connectivity index (χ4v) is 1.48. The van der Waals surface area contributed by atoms with Gasteiger partial charge in [0, 0.05) is 12.1 Å². The van der Waals surface area contributed by atoms with Gasteiger partial charge in [-0.1, -0.05) is 6.07 Å². The number of aliphatic imine (C=N–C) groups is 1. The zero-order chi connectivity index (χ0) is 14.5. The number of benzene rings is 1. The fourth-order valence-electron chi connectivity index (χ4n) is 1.48. The van der Waals surface area contributed by atoms with Gasteiger partial charge in [0.2, 0.25) is 0 Å². The monoisotopic (exact) mass is 267 g/mol. The quantitative estimate of drug-likeness (QED) is 0.582. The van der Waals surface area contributed by atoms with Crippen LogP contribution in [0.1, 0.15) is 33.3 Å². The summed E-state index contributed by atoms with van der Waals surface area (Å²) in [5.74, 6) is -0.280. The van der Waals surface area contributed by atoms with Crippen LogP contribution >= 0.6 is 0 Å². The van der Waals surface area contributed by atoms with Crippen molar-refractivity contribution in [2.45, 2.75) is 39.8 Å². The molecule has 0 spiro atoms. The Morgan fingerprint density at radius 1 is 1.37 bits per heavy atom. The Hall–Kier alpha value is -1.78. The van der Waals surface area contributed by atoms with Crippen molar-refractivity contribution >= 4 is 5.96 Å². The van der Waals surface area contributed by atoms with Gasteiger partial charge in [-0.25, -0.2) is 9.38 Å². The molecule has 0 unspecified atom stereocenters. The highest BCUT2D eigenvalue weighted by atomic mass is 19.1. The molecule has 0 heterocycles. The average molecular weight is 267 g/mol. The molecule has 1 rings (SSSR count). The minimum absolute atomic E-state index is 0.0960. The van der Waals surface area contributed by atoms with Crippen LogP contribution in [-0.4, -0.2) is 23.1 Å². The van der Waals surface area contributed by atoms with E-state index in [1.165, 1.54) is 12.1 Å². The zero-order valence-electron chi connectivity index (χ0n) is 11.9. The van der Waals surface area contributed by atoms with E-state index in [0.29, 0.717) is 18.1 Å². The first-order valence-corrected chi connectivity index (χ1v) is 6.35. The predicted molar refractivity (Wildman–Crippen MR) is 75.8 cm³/mol. The molecule has 0 aliphatic heterocycles. The van der Waals surface area contributed by atoms with Crippen LogP contribution in [-0.2, 0) is 6.54 Å². The third-order valence-corrected chi connectivity index (χ3v) is 2.27. The Bertz CT molecular complexity index is 452. The largest absolute Gasteiger partial charge is 0.505 e. The van der Waals surface area contributed by atoms with Crippen molar-refractivity contribution in [2.75, 3.05) is 6.54 Å². The lowest BCUT2D eigenvalue weighted by molar-refractivity contribution is 0.432. The van der Waals surface area contributed by atoms with Gasteiger partial charge in [0.1, 0.15) is 0 Å². The molecule has 1 aromatic rings. The van der Waals surface area contributed by atoms with Crippen molar-refractivity contribution in [1.82, 2.24) is 10.6 Å². The predicted octanol–water partition coefficient (Wildman–Crippen LogP) is 2.38. The second-order valence-electron chi connectivity index (χ2n) is 5.36. The summed E-state index contributed by atoms with van der Waals surface area (Å²) in [6.07, 6.45) is 0. The van der Waals surface area contributed by atoms with Gasteiger partial charge in [-0.05, 0) is 45.4 Å². The van der Waals surface area contributed by atoms with E-state index >= 15 is 0 Å². The lowest BCUT2D eigenvalue weighted by Gasteiger charge is -2.23. The van der Waals surface area contributed by atoms with Gasteiger partial charge >= 0.3 is 0 Å². The van der Waals surface area contributed by atoms with Crippen molar-refractivity contribution in [3.05, 3.63) is 29.6 Å². The Morgan fingerprint density at radius 2 is 2.05 bits per heavy atom. The molecule has 0 fully saturated rings. The Labute approximate surface area is 113 Å². The maximum Gasteiger partial charge on any atom is 0.191 e. The third-order valence-electron chi connectivity index (χ3n) is 2.27. The smallest absolute Gasteiger partial charge is 0.191 e. The molecule has 0 aliphatic rings. The molecule has 0 aliphatic carbocycles. The Balaban J connectivity index is 2.76. The van der Waals surface area contributed by atoms with Crippen LogP contribution in [0.2, 0.25) is 0 Å². The second-order valence-corrected chi connectivity index (χ2v) is 5.36. The number of hydrogen-bond donors (Lipinski definition) is 3. The summed E-state index contributed by atoms with van der Waals surface area (Å²) in [7, 11) is 0. The van der Waals surface area contributed by atoms with E-state index in [1.54, 1.807) is 6.07 Å². The van der Waals surface area contributed by atoms with E-state index < -0.39 is 5.82 Å². The SMILES string of the molecule is CCNC(=NCc1ccc(O)c(F)c1)NC(C)(C)C. The van der Waals surface area contributed by atoms with Crippen LogP contribution in [0.25, 0.3) is 0 Å². The number of nitrogens with zero attached hydrogens (tertiary/aromatic N) is 1. The van der Waals surface area contributed by atoms with Crippen molar-refractivity contribution in [2.24, 2.45) is 4.99 Å². The first-order valence-electron chi connectivity index (χ1n) is 6.35. The summed E-state index contributed by atoms with van der Waals surface area (Å²) in [5.41, 5.74) is 0.614. The van der Waals surface area contributed by atoms with Crippen LogP contribution < -0.4 is 10.6 Å². The standard InChI is InChI=1S/C14H22FN3O/c1-5-16-13(18-14(2,3)4)17-9-10-6-7-12(19)11(15)8-10/h6-8,19H,5,9H2,1-4H3,(H2,16,17,18). The number of rotatable bonds is 3. The molecule has 1 aromatic carbocycles. The minimum Gasteiger partial charge on any atom is -0.505 e. The van der Waals surface area contributed by atoms with Gasteiger partial charge in [0.15, 0.2) is 17.5 Å². The number of halogens is 1. The molecule has 0 saturated heterocycles. The summed E-state index contributed by atoms with van der Waals surface area (Å²) in [6, 6.07) is 4.28. The van der Waals surface area contributed by atoms with Gasteiger partial charge in [-0.15, -0.1) is 0 Å². The van der Waals surface area contributed by atoms with Crippen LogP contribution in [0.3, 0.4) is 0 Å². The third kappa shape index (κ3) is 5.59. The maximum absolute atomic E-state index is 13.2.